The monoisotopic (exact) mass is 376 g/mol. The first kappa shape index (κ1) is 19.6. The van der Waals surface area contributed by atoms with E-state index in [4.69, 9.17) is 13.9 Å². The van der Waals surface area contributed by atoms with Crippen molar-refractivity contribution in [1.29, 1.82) is 0 Å². The van der Waals surface area contributed by atoms with E-state index in [1.165, 1.54) is 7.11 Å². The van der Waals surface area contributed by atoms with Gasteiger partial charge in [-0.15, -0.1) is 0 Å². The fourth-order valence-electron chi connectivity index (χ4n) is 5.60. The Morgan fingerprint density at radius 3 is 2.70 bits per heavy atom. The molecule has 1 aromatic rings. The summed E-state index contributed by atoms with van der Waals surface area (Å²) in [6, 6.07) is 1.87. The standard InChI is InChI=1S/C19H24O4.C2H4O2/c1-2-19-10-16(13-8-9-22-11-13)23-18(21)14(19)7-6-12-4-3-5-15(20)17(12)19;1-4-2-3/h8-9,11-12,14,16-17H,2-7,10H2,1H3;2H,1H3. The van der Waals surface area contributed by atoms with Crippen molar-refractivity contribution in [2.45, 2.75) is 58.0 Å². The highest BCUT2D eigenvalue weighted by molar-refractivity contribution is 5.85. The third-order valence-corrected chi connectivity index (χ3v) is 6.73. The zero-order chi connectivity index (χ0) is 19.4. The lowest BCUT2D eigenvalue weighted by atomic mass is 9.49. The number of Topliss-reactive ketones (excluding diaryl/α,β-unsaturated/α-hetero) is 1. The molecule has 0 radical (unpaired) electrons. The van der Waals surface area contributed by atoms with E-state index in [2.05, 4.69) is 11.7 Å². The SMILES string of the molecule is CCC12CC(c3ccoc3)OC(=O)C1CCC1CCCC(=O)C12.COC=O. The fraction of sp³-hybridized carbons (Fsp3) is 0.667. The molecule has 1 aliphatic heterocycles. The molecule has 0 bridgehead atoms. The molecule has 3 fully saturated rings. The number of methoxy groups -OCH3 is 1. The van der Waals surface area contributed by atoms with Crippen LogP contribution in [0.3, 0.4) is 0 Å². The van der Waals surface area contributed by atoms with Gasteiger partial charge in [0.15, 0.2) is 0 Å². The van der Waals surface area contributed by atoms with E-state index in [0.717, 1.165) is 44.1 Å². The van der Waals surface area contributed by atoms with E-state index in [-0.39, 0.29) is 29.3 Å². The highest BCUT2D eigenvalue weighted by Crippen LogP contribution is 2.60. The van der Waals surface area contributed by atoms with Crippen molar-refractivity contribution >= 4 is 18.2 Å². The molecule has 2 saturated carbocycles. The fourth-order valence-corrected chi connectivity index (χ4v) is 5.60. The highest BCUT2D eigenvalue weighted by atomic mass is 16.5. The molecule has 5 atom stereocenters. The number of carbonyl (C=O) groups is 3. The van der Waals surface area contributed by atoms with E-state index >= 15 is 0 Å². The predicted molar refractivity (Wildman–Crippen MR) is 96.5 cm³/mol. The van der Waals surface area contributed by atoms with Gasteiger partial charge in [-0.05, 0) is 55.9 Å². The highest BCUT2D eigenvalue weighted by Gasteiger charge is 2.59. The number of ketones is 1. The second-order valence-electron chi connectivity index (χ2n) is 7.83. The third-order valence-electron chi connectivity index (χ3n) is 6.73. The predicted octanol–water partition coefficient (Wildman–Crippen LogP) is 3.85. The van der Waals surface area contributed by atoms with E-state index in [1.54, 1.807) is 12.5 Å². The molecule has 3 aliphatic rings. The maximum atomic E-state index is 12.8. The summed E-state index contributed by atoms with van der Waals surface area (Å²) in [4.78, 5) is 34.4. The summed E-state index contributed by atoms with van der Waals surface area (Å²) >= 11 is 0. The summed E-state index contributed by atoms with van der Waals surface area (Å²) in [5.74, 6) is 0.666. The summed E-state index contributed by atoms with van der Waals surface area (Å²) in [7, 11) is 1.31. The number of furan rings is 1. The van der Waals surface area contributed by atoms with Crippen LogP contribution in [0.4, 0.5) is 0 Å². The van der Waals surface area contributed by atoms with Gasteiger partial charge in [0.05, 0.1) is 25.6 Å². The van der Waals surface area contributed by atoms with Crippen LogP contribution in [0.1, 0.15) is 63.5 Å². The topological polar surface area (TPSA) is 82.8 Å². The number of hydrogen-bond acceptors (Lipinski definition) is 6. The van der Waals surface area contributed by atoms with E-state index in [0.29, 0.717) is 24.6 Å². The zero-order valence-corrected chi connectivity index (χ0v) is 16.0. The molecule has 1 aromatic heterocycles. The summed E-state index contributed by atoms with van der Waals surface area (Å²) in [6.07, 6.45) is 9.32. The first-order valence-electron chi connectivity index (χ1n) is 9.79. The average Bonchev–Trinajstić information content (AvgIpc) is 3.22. The van der Waals surface area contributed by atoms with Crippen molar-refractivity contribution in [3.63, 3.8) is 0 Å². The van der Waals surface area contributed by atoms with Crippen molar-refractivity contribution < 1.29 is 28.3 Å². The van der Waals surface area contributed by atoms with Crippen LogP contribution < -0.4 is 0 Å². The van der Waals surface area contributed by atoms with Crippen LogP contribution in [-0.2, 0) is 23.9 Å². The summed E-state index contributed by atoms with van der Waals surface area (Å²) in [5, 5.41) is 0. The van der Waals surface area contributed by atoms with Crippen molar-refractivity contribution in [2.75, 3.05) is 7.11 Å². The second kappa shape index (κ2) is 8.28. The molecule has 0 N–H and O–H groups in total. The van der Waals surface area contributed by atoms with Gasteiger partial charge in [0.1, 0.15) is 11.9 Å². The minimum absolute atomic E-state index is 0.0438. The number of hydrogen-bond donors (Lipinski definition) is 0. The molecule has 2 aliphatic carbocycles. The Morgan fingerprint density at radius 2 is 2.07 bits per heavy atom. The van der Waals surface area contributed by atoms with Gasteiger partial charge in [0, 0.05) is 17.9 Å². The second-order valence-corrected chi connectivity index (χ2v) is 7.83. The normalized spacial score (nSPS) is 35.0. The molecule has 148 valence electrons. The number of rotatable bonds is 3. The zero-order valence-electron chi connectivity index (χ0n) is 16.0. The molecule has 6 heteroatoms. The molecule has 0 aromatic carbocycles. The van der Waals surface area contributed by atoms with Crippen LogP contribution in [0.5, 0.6) is 0 Å². The molecule has 0 amide bonds. The Labute approximate surface area is 159 Å². The van der Waals surface area contributed by atoms with Crippen molar-refractivity contribution in [2.24, 2.45) is 23.2 Å². The van der Waals surface area contributed by atoms with Crippen LogP contribution >= 0.6 is 0 Å². The van der Waals surface area contributed by atoms with Crippen LogP contribution in [0.15, 0.2) is 23.0 Å². The molecule has 4 rings (SSSR count). The largest absolute Gasteiger partial charge is 0.472 e. The molecule has 5 unspecified atom stereocenters. The lowest BCUT2D eigenvalue weighted by Crippen LogP contribution is -2.56. The Balaban J connectivity index is 0.000000481. The Kier molecular flexibility index (Phi) is 6.02. The van der Waals surface area contributed by atoms with Crippen LogP contribution in [-0.4, -0.2) is 25.3 Å². The first-order valence-corrected chi connectivity index (χ1v) is 9.79. The molecule has 2 heterocycles. The van der Waals surface area contributed by atoms with E-state index in [1.807, 2.05) is 6.07 Å². The van der Waals surface area contributed by atoms with Crippen LogP contribution in [0.25, 0.3) is 0 Å². The molecule has 1 saturated heterocycles. The van der Waals surface area contributed by atoms with Crippen molar-refractivity contribution in [3.05, 3.63) is 24.2 Å². The molecular formula is C21H28O6. The Morgan fingerprint density at radius 1 is 1.30 bits per heavy atom. The van der Waals surface area contributed by atoms with Crippen molar-refractivity contribution in [1.82, 2.24) is 0 Å². The van der Waals surface area contributed by atoms with E-state index < -0.39 is 0 Å². The summed E-state index contributed by atoms with van der Waals surface area (Å²) in [5.41, 5.74) is 0.688. The number of carbonyl (C=O) groups excluding carboxylic acids is 3. The Bertz CT molecular complexity index is 666. The number of ether oxygens (including phenoxy) is 2. The van der Waals surface area contributed by atoms with Crippen LogP contribution in [0.2, 0.25) is 0 Å². The quantitative estimate of drug-likeness (QED) is 0.589. The van der Waals surface area contributed by atoms with Gasteiger partial charge in [0.2, 0.25) is 0 Å². The molecule has 27 heavy (non-hydrogen) atoms. The van der Waals surface area contributed by atoms with E-state index in [9.17, 15) is 9.59 Å². The maximum absolute atomic E-state index is 12.8. The Hall–Kier alpha value is -2.11. The lowest BCUT2D eigenvalue weighted by molar-refractivity contribution is -0.191. The summed E-state index contributed by atoms with van der Waals surface area (Å²) in [6.45, 7) is 2.52. The van der Waals surface area contributed by atoms with Crippen molar-refractivity contribution in [3.8, 4) is 0 Å². The minimum atomic E-state index is -0.272. The van der Waals surface area contributed by atoms with Gasteiger partial charge in [-0.2, -0.15) is 0 Å². The maximum Gasteiger partial charge on any atom is 0.310 e. The third kappa shape index (κ3) is 3.54. The lowest BCUT2D eigenvalue weighted by Gasteiger charge is -2.55. The van der Waals surface area contributed by atoms with Gasteiger partial charge in [-0.25, -0.2) is 0 Å². The van der Waals surface area contributed by atoms with Gasteiger partial charge in [0.25, 0.3) is 6.47 Å². The first-order chi connectivity index (χ1) is 13.1. The number of fused-ring (bicyclic) bond motifs is 3. The minimum Gasteiger partial charge on any atom is -0.472 e. The summed E-state index contributed by atoms with van der Waals surface area (Å²) < 4.78 is 14.8. The number of cyclic esters (lactones) is 1. The smallest absolute Gasteiger partial charge is 0.310 e. The average molecular weight is 376 g/mol. The molecule has 6 nitrogen and oxygen atoms in total. The molecule has 0 spiro atoms. The van der Waals surface area contributed by atoms with Gasteiger partial charge >= 0.3 is 5.97 Å². The van der Waals surface area contributed by atoms with Gasteiger partial charge in [-0.3, -0.25) is 14.4 Å². The molecular weight excluding hydrogens is 348 g/mol. The number of esters is 1. The van der Waals surface area contributed by atoms with Crippen LogP contribution in [0, 0.1) is 23.2 Å². The van der Waals surface area contributed by atoms with Gasteiger partial charge in [-0.1, -0.05) is 6.92 Å². The van der Waals surface area contributed by atoms with Gasteiger partial charge < -0.3 is 13.9 Å².